The van der Waals surface area contributed by atoms with Crippen molar-refractivity contribution in [2.24, 2.45) is 24.6 Å². The first-order chi connectivity index (χ1) is 14.9. The molecule has 5 rings (SSSR count). The van der Waals surface area contributed by atoms with Gasteiger partial charge in [0.05, 0.1) is 17.3 Å². The number of fused-ring (bicyclic) bond motifs is 2. The lowest BCUT2D eigenvalue weighted by molar-refractivity contribution is 0.0959. The lowest BCUT2D eigenvalue weighted by Gasteiger charge is -2.37. The lowest BCUT2D eigenvalue weighted by atomic mass is 9.72. The minimum atomic E-state index is -0.319. The van der Waals surface area contributed by atoms with Crippen molar-refractivity contribution >= 4 is 27.9 Å². The van der Waals surface area contributed by atoms with Crippen molar-refractivity contribution in [2.75, 3.05) is 0 Å². The van der Waals surface area contributed by atoms with Crippen LogP contribution in [-0.4, -0.2) is 36.6 Å². The van der Waals surface area contributed by atoms with Gasteiger partial charge in [0.15, 0.2) is 11.4 Å². The number of aromatic amines is 1. The Hall–Kier alpha value is -3.13. The van der Waals surface area contributed by atoms with Crippen LogP contribution in [0.3, 0.4) is 0 Å². The zero-order chi connectivity index (χ0) is 21.7. The fourth-order valence-corrected chi connectivity index (χ4v) is 4.54. The van der Waals surface area contributed by atoms with E-state index in [9.17, 15) is 9.18 Å². The third kappa shape index (κ3) is 3.50. The summed E-state index contributed by atoms with van der Waals surface area (Å²) in [5.41, 5.74) is 9.39. The summed E-state index contributed by atoms with van der Waals surface area (Å²) < 4.78 is 15.3. The summed E-state index contributed by atoms with van der Waals surface area (Å²) in [6, 6.07) is 4.86. The van der Waals surface area contributed by atoms with Crippen LogP contribution >= 0.6 is 0 Å². The zero-order valence-electron chi connectivity index (χ0n) is 17.6. The molecule has 7 nitrogen and oxygen atoms in total. The highest BCUT2D eigenvalue weighted by Crippen LogP contribution is 2.35. The SMILES string of the molecule is C[C@H](CCC(=O)c1c[nH]c2ncc(-c3nn(C)c4cc(F)ccc34)nc12)C1CC(N)C1. The summed E-state index contributed by atoms with van der Waals surface area (Å²) in [5, 5.41) is 5.30. The third-order valence-electron chi connectivity index (χ3n) is 6.58. The summed E-state index contributed by atoms with van der Waals surface area (Å²) in [5.74, 6) is 0.844. The quantitative estimate of drug-likeness (QED) is 0.459. The molecule has 1 fully saturated rings. The van der Waals surface area contributed by atoms with E-state index in [1.807, 2.05) is 0 Å². The number of carbonyl (C=O) groups excluding carboxylic acids is 1. The number of Topliss-reactive ketones (excluding diaryl/α,β-unsaturated/α-hetero) is 1. The molecule has 1 aliphatic rings. The van der Waals surface area contributed by atoms with Crippen molar-refractivity contribution in [1.82, 2.24) is 24.7 Å². The molecule has 3 heterocycles. The van der Waals surface area contributed by atoms with Crippen LogP contribution in [-0.2, 0) is 7.05 Å². The molecule has 1 aliphatic carbocycles. The summed E-state index contributed by atoms with van der Waals surface area (Å²) in [4.78, 5) is 25.1. The molecular weight excluding hydrogens is 395 g/mol. The number of nitrogens with two attached hydrogens (primary N) is 1. The highest BCUT2D eigenvalue weighted by Gasteiger charge is 2.30. The van der Waals surface area contributed by atoms with Gasteiger partial charge in [0.2, 0.25) is 0 Å². The highest BCUT2D eigenvalue weighted by atomic mass is 19.1. The Kier molecular flexibility index (Phi) is 4.81. The number of benzene rings is 1. The second kappa shape index (κ2) is 7.53. The van der Waals surface area contributed by atoms with Gasteiger partial charge in [0.1, 0.15) is 22.7 Å². The number of ketones is 1. The van der Waals surface area contributed by atoms with E-state index in [0.29, 0.717) is 57.9 Å². The van der Waals surface area contributed by atoms with Crippen LogP contribution in [0.5, 0.6) is 0 Å². The van der Waals surface area contributed by atoms with Crippen LogP contribution in [0, 0.1) is 17.7 Å². The Balaban J connectivity index is 1.43. The van der Waals surface area contributed by atoms with Gasteiger partial charge in [-0.15, -0.1) is 0 Å². The fraction of sp³-hybridized carbons (Fsp3) is 0.391. The standard InChI is InChI=1S/C23H25FN6O/c1-12(13-7-15(25)8-13)3-6-20(31)17-10-26-23-22(17)28-18(11-27-23)21-16-5-4-14(24)9-19(16)30(2)29-21/h4-5,9-13,15H,3,6-8,25H2,1-2H3,(H,26,27)/t12-,13?,15?/m1/s1. The highest BCUT2D eigenvalue weighted by molar-refractivity contribution is 6.06. The van der Waals surface area contributed by atoms with E-state index >= 15 is 0 Å². The lowest BCUT2D eigenvalue weighted by Crippen LogP contribution is -2.39. The van der Waals surface area contributed by atoms with E-state index in [1.165, 1.54) is 12.1 Å². The molecule has 3 N–H and O–H groups in total. The normalized spacial score (nSPS) is 19.6. The Morgan fingerprint density at radius 1 is 1.39 bits per heavy atom. The largest absolute Gasteiger partial charge is 0.344 e. The number of halogens is 1. The van der Waals surface area contributed by atoms with Gasteiger partial charge in [-0.25, -0.2) is 14.4 Å². The molecule has 0 aliphatic heterocycles. The van der Waals surface area contributed by atoms with E-state index in [2.05, 4.69) is 22.0 Å². The molecular formula is C23H25FN6O. The minimum Gasteiger partial charge on any atom is -0.344 e. The van der Waals surface area contributed by atoms with Gasteiger partial charge in [0, 0.05) is 31.1 Å². The van der Waals surface area contributed by atoms with Crippen molar-refractivity contribution in [1.29, 1.82) is 0 Å². The van der Waals surface area contributed by atoms with Crippen molar-refractivity contribution in [3.05, 3.63) is 42.0 Å². The molecule has 31 heavy (non-hydrogen) atoms. The van der Waals surface area contributed by atoms with E-state index in [0.717, 1.165) is 24.6 Å². The first-order valence-corrected chi connectivity index (χ1v) is 10.7. The van der Waals surface area contributed by atoms with Crippen LogP contribution in [0.4, 0.5) is 4.39 Å². The molecule has 0 unspecified atom stereocenters. The second-order valence-electron chi connectivity index (χ2n) is 8.72. The summed E-state index contributed by atoms with van der Waals surface area (Å²) >= 11 is 0. The molecule has 160 valence electrons. The number of hydrogen-bond acceptors (Lipinski definition) is 5. The van der Waals surface area contributed by atoms with Gasteiger partial charge in [-0.2, -0.15) is 5.10 Å². The Labute approximate surface area is 178 Å². The van der Waals surface area contributed by atoms with Crippen LogP contribution in [0.15, 0.2) is 30.6 Å². The van der Waals surface area contributed by atoms with E-state index in [1.54, 1.807) is 30.2 Å². The monoisotopic (exact) mass is 420 g/mol. The molecule has 4 aromatic rings. The van der Waals surface area contributed by atoms with E-state index < -0.39 is 0 Å². The van der Waals surface area contributed by atoms with Gasteiger partial charge in [-0.1, -0.05) is 6.92 Å². The maximum atomic E-state index is 13.6. The van der Waals surface area contributed by atoms with Crippen LogP contribution in [0.2, 0.25) is 0 Å². The number of H-pyrrole nitrogens is 1. The Morgan fingerprint density at radius 2 is 2.19 bits per heavy atom. The number of nitrogens with zero attached hydrogens (tertiary/aromatic N) is 4. The predicted octanol–water partition coefficient (Wildman–Crippen LogP) is 3.99. The van der Waals surface area contributed by atoms with E-state index in [4.69, 9.17) is 10.7 Å². The number of aromatic nitrogens is 5. The van der Waals surface area contributed by atoms with Gasteiger partial charge in [-0.05, 0) is 49.3 Å². The number of nitrogens with one attached hydrogen (secondary N) is 1. The van der Waals surface area contributed by atoms with Gasteiger partial charge in [-0.3, -0.25) is 9.48 Å². The molecule has 1 aromatic carbocycles. The number of carbonyl (C=O) groups is 1. The average Bonchev–Trinajstić information content (AvgIpc) is 3.30. The predicted molar refractivity (Wildman–Crippen MR) is 117 cm³/mol. The fourth-order valence-electron chi connectivity index (χ4n) is 4.54. The first-order valence-electron chi connectivity index (χ1n) is 10.7. The maximum Gasteiger partial charge on any atom is 0.166 e. The molecule has 3 aromatic heterocycles. The topological polar surface area (TPSA) is 102 Å². The maximum absolute atomic E-state index is 13.6. The summed E-state index contributed by atoms with van der Waals surface area (Å²) in [7, 11) is 1.76. The molecule has 0 saturated heterocycles. The van der Waals surface area contributed by atoms with Crippen molar-refractivity contribution in [3.8, 4) is 11.4 Å². The number of hydrogen-bond donors (Lipinski definition) is 2. The van der Waals surface area contributed by atoms with Crippen molar-refractivity contribution in [3.63, 3.8) is 0 Å². The first kappa shape index (κ1) is 19.8. The van der Waals surface area contributed by atoms with Gasteiger partial charge in [0.25, 0.3) is 0 Å². The summed E-state index contributed by atoms with van der Waals surface area (Å²) in [6.07, 6.45) is 6.73. The molecule has 8 heteroatoms. The molecule has 0 amide bonds. The molecule has 1 atom stereocenters. The van der Waals surface area contributed by atoms with Crippen molar-refractivity contribution < 1.29 is 9.18 Å². The van der Waals surface area contributed by atoms with Crippen LogP contribution < -0.4 is 5.73 Å². The second-order valence-corrected chi connectivity index (χ2v) is 8.72. The smallest absolute Gasteiger partial charge is 0.166 e. The summed E-state index contributed by atoms with van der Waals surface area (Å²) in [6.45, 7) is 2.20. The molecule has 0 spiro atoms. The van der Waals surface area contributed by atoms with Gasteiger partial charge < -0.3 is 10.7 Å². The van der Waals surface area contributed by atoms with E-state index in [-0.39, 0.29) is 11.6 Å². The minimum absolute atomic E-state index is 0.0566. The third-order valence-corrected chi connectivity index (χ3v) is 6.58. The molecule has 1 saturated carbocycles. The Bertz CT molecular complexity index is 1290. The van der Waals surface area contributed by atoms with Crippen LogP contribution in [0.25, 0.3) is 33.5 Å². The van der Waals surface area contributed by atoms with Crippen LogP contribution in [0.1, 0.15) is 43.0 Å². The van der Waals surface area contributed by atoms with Crippen molar-refractivity contribution in [2.45, 2.75) is 38.6 Å². The Morgan fingerprint density at radius 3 is 2.97 bits per heavy atom. The zero-order valence-corrected chi connectivity index (χ0v) is 17.6. The molecule has 0 bridgehead atoms. The number of aryl methyl sites for hydroxylation is 1. The average molecular weight is 420 g/mol. The van der Waals surface area contributed by atoms with Gasteiger partial charge >= 0.3 is 0 Å². The molecule has 0 radical (unpaired) electrons. The number of rotatable bonds is 6.